The van der Waals surface area contributed by atoms with Gasteiger partial charge in [0.15, 0.2) is 11.4 Å². The molecule has 0 fully saturated rings. The summed E-state index contributed by atoms with van der Waals surface area (Å²) in [5.74, 6) is -2.34. The average molecular weight is 246 g/mol. The van der Waals surface area contributed by atoms with E-state index in [4.69, 9.17) is 16.7 Å². The van der Waals surface area contributed by atoms with Gasteiger partial charge in [0.05, 0.1) is 11.9 Å². The smallest absolute Gasteiger partial charge is 0.402 e. The molecule has 0 aromatic carbocycles. The first-order chi connectivity index (χ1) is 7.76. The molecule has 0 saturated heterocycles. The van der Waals surface area contributed by atoms with Crippen LogP contribution in [0.5, 0.6) is 5.75 Å². The number of ether oxygens (including phenoxy) is 1. The molecule has 0 aliphatic heterocycles. The van der Waals surface area contributed by atoms with E-state index in [-0.39, 0.29) is 0 Å². The zero-order valence-corrected chi connectivity index (χ0v) is 8.08. The highest BCUT2D eigenvalue weighted by Crippen LogP contribution is 2.31. The summed E-state index contributed by atoms with van der Waals surface area (Å²) < 4.78 is 39.8. The first-order valence-corrected chi connectivity index (χ1v) is 4.00. The number of carbonyl (C=O) groups excluding carboxylic acids is 1. The Bertz CT molecular complexity index is 507. The van der Waals surface area contributed by atoms with Crippen LogP contribution in [0.3, 0.4) is 0 Å². The van der Waals surface area contributed by atoms with Crippen molar-refractivity contribution >= 4 is 11.6 Å². The van der Waals surface area contributed by atoms with E-state index in [1.54, 1.807) is 0 Å². The summed E-state index contributed by atoms with van der Waals surface area (Å²) in [4.78, 5) is 14.3. The van der Waals surface area contributed by atoms with Gasteiger partial charge in [-0.3, -0.25) is 4.79 Å². The summed E-state index contributed by atoms with van der Waals surface area (Å²) in [6.45, 7) is 0. The van der Waals surface area contributed by atoms with Crippen molar-refractivity contribution in [3.05, 3.63) is 17.5 Å². The van der Waals surface area contributed by atoms with E-state index >= 15 is 0 Å². The number of nitrogens with two attached hydrogens (primary N) is 2. The monoisotopic (exact) mass is 246 g/mol. The lowest BCUT2D eigenvalue weighted by Gasteiger charge is -2.13. The topological polar surface area (TPSA) is 115 Å². The fourth-order valence-corrected chi connectivity index (χ4v) is 1.06. The summed E-state index contributed by atoms with van der Waals surface area (Å²) in [5, 5.41) is 8.56. The van der Waals surface area contributed by atoms with Crippen molar-refractivity contribution in [1.29, 1.82) is 5.26 Å². The standard InChI is InChI=1S/C8H5F3N4O2/c9-8(10,11)17-6-4(1-12)15-2-3(13)5(6)7(14)16/h2H,13H2,(H2,14,16). The van der Waals surface area contributed by atoms with Gasteiger partial charge in [0.25, 0.3) is 5.91 Å². The van der Waals surface area contributed by atoms with Crippen molar-refractivity contribution in [2.75, 3.05) is 5.73 Å². The second kappa shape index (κ2) is 4.17. The zero-order valence-electron chi connectivity index (χ0n) is 8.08. The molecule has 0 saturated carbocycles. The fraction of sp³-hybridized carbons (Fsp3) is 0.125. The van der Waals surface area contributed by atoms with Gasteiger partial charge in [-0.2, -0.15) is 5.26 Å². The van der Waals surface area contributed by atoms with E-state index in [0.717, 1.165) is 6.20 Å². The number of nitrogen functional groups attached to an aromatic ring is 1. The van der Waals surface area contributed by atoms with Gasteiger partial charge >= 0.3 is 6.36 Å². The molecule has 1 amide bonds. The number of anilines is 1. The van der Waals surface area contributed by atoms with Crippen LogP contribution >= 0.6 is 0 Å². The lowest BCUT2D eigenvalue weighted by atomic mass is 10.1. The third-order valence-corrected chi connectivity index (χ3v) is 1.63. The molecule has 0 spiro atoms. The van der Waals surface area contributed by atoms with Crippen LogP contribution in [0.25, 0.3) is 0 Å². The first-order valence-electron chi connectivity index (χ1n) is 4.00. The molecule has 1 heterocycles. The Kier molecular flexibility index (Phi) is 3.08. The van der Waals surface area contributed by atoms with Crippen molar-refractivity contribution in [1.82, 2.24) is 4.98 Å². The maximum Gasteiger partial charge on any atom is 0.573 e. The summed E-state index contributed by atoms with van der Waals surface area (Å²) >= 11 is 0. The predicted octanol–water partition coefficient (Wildman–Crippen LogP) is 0.533. The van der Waals surface area contributed by atoms with E-state index in [0.29, 0.717) is 0 Å². The molecule has 6 nitrogen and oxygen atoms in total. The summed E-state index contributed by atoms with van der Waals surface area (Å²) in [6.07, 6.45) is -4.24. The molecule has 0 radical (unpaired) electrons. The highest BCUT2D eigenvalue weighted by Gasteiger charge is 2.35. The number of primary amides is 1. The molecule has 0 aliphatic rings. The quantitative estimate of drug-likeness (QED) is 0.789. The number of pyridine rings is 1. The largest absolute Gasteiger partial charge is 0.573 e. The molecule has 9 heteroatoms. The van der Waals surface area contributed by atoms with Crippen molar-refractivity contribution < 1.29 is 22.7 Å². The number of alkyl halides is 3. The maximum absolute atomic E-state index is 12.1. The van der Waals surface area contributed by atoms with Crippen molar-refractivity contribution in [3.8, 4) is 11.8 Å². The lowest BCUT2D eigenvalue weighted by molar-refractivity contribution is -0.274. The highest BCUT2D eigenvalue weighted by atomic mass is 19.4. The van der Waals surface area contributed by atoms with E-state index in [2.05, 4.69) is 9.72 Å². The van der Waals surface area contributed by atoms with Crippen molar-refractivity contribution in [2.45, 2.75) is 6.36 Å². The summed E-state index contributed by atoms with van der Waals surface area (Å²) in [6, 6.07) is 1.34. The van der Waals surface area contributed by atoms with Gasteiger partial charge in [-0.1, -0.05) is 0 Å². The molecular formula is C8H5F3N4O2. The second-order valence-electron chi connectivity index (χ2n) is 2.79. The second-order valence-corrected chi connectivity index (χ2v) is 2.79. The normalized spacial score (nSPS) is 10.7. The molecule has 0 bridgehead atoms. The van der Waals surface area contributed by atoms with Crippen molar-refractivity contribution in [3.63, 3.8) is 0 Å². The minimum Gasteiger partial charge on any atom is -0.402 e. The SMILES string of the molecule is N#Cc1ncc(N)c(C(N)=O)c1OC(F)(F)F. The lowest BCUT2D eigenvalue weighted by Crippen LogP contribution is -2.23. The van der Waals surface area contributed by atoms with E-state index in [1.807, 2.05) is 0 Å². The number of hydrogen-bond acceptors (Lipinski definition) is 5. The Balaban J connectivity index is 3.47. The number of nitrogens with zero attached hydrogens (tertiary/aromatic N) is 2. The van der Waals surface area contributed by atoms with Crippen LogP contribution in [0.15, 0.2) is 6.20 Å². The van der Waals surface area contributed by atoms with Crippen LogP contribution in [0, 0.1) is 11.3 Å². The molecule has 1 rings (SSSR count). The van der Waals surface area contributed by atoms with E-state index in [1.165, 1.54) is 6.07 Å². The number of nitriles is 1. The minimum absolute atomic E-state index is 0.407. The Morgan fingerprint density at radius 3 is 2.53 bits per heavy atom. The fourth-order valence-electron chi connectivity index (χ4n) is 1.06. The highest BCUT2D eigenvalue weighted by molar-refractivity contribution is 6.01. The Morgan fingerprint density at radius 1 is 1.53 bits per heavy atom. The first kappa shape index (κ1) is 12.6. The number of hydrogen-bond donors (Lipinski definition) is 2. The summed E-state index contributed by atoms with van der Waals surface area (Å²) in [7, 11) is 0. The average Bonchev–Trinajstić information content (AvgIpc) is 2.15. The van der Waals surface area contributed by atoms with Crippen LogP contribution in [0.4, 0.5) is 18.9 Å². The maximum atomic E-state index is 12.1. The van der Waals surface area contributed by atoms with E-state index in [9.17, 15) is 18.0 Å². The van der Waals surface area contributed by atoms with Crippen LogP contribution < -0.4 is 16.2 Å². The predicted molar refractivity (Wildman–Crippen MR) is 48.6 cm³/mol. The van der Waals surface area contributed by atoms with Crippen molar-refractivity contribution in [2.24, 2.45) is 5.73 Å². The molecule has 0 unspecified atom stereocenters. The van der Waals surface area contributed by atoms with E-state index < -0.39 is 35.0 Å². The summed E-state index contributed by atoms with van der Waals surface area (Å²) in [5.41, 5.74) is 8.23. The molecule has 1 aromatic heterocycles. The third-order valence-electron chi connectivity index (χ3n) is 1.63. The van der Waals surface area contributed by atoms with Crippen LogP contribution in [-0.2, 0) is 0 Å². The molecule has 0 aliphatic carbocycles. The Hall–Kier alpha value is -2.50. The van der Waals surface area contributed by atoms with Gasteiger partial charge in [0.2, 0.25) is 0 Å². The van der Waals surface area contributed by atoms with Gasteiger partial charge in [-0.25, -0.2) is 4.98 Å². The number of carbonyl (C=O) groups is 1. The molecule has 17 heavy (non-hydrogen) atoms. The van der Waals surface area contributed by atoms with Crippen LogP contribution in [0.1, 0.15) is 16.1 Å². The third kappa shape index (κ3) is 2.75. The van der Waals surface area contributed by atoms with Gasteiger partial charge in [-0.05, 0) is 0 Å². The Labute approximate surface area is 92.6 Å². The Morgan fingerprint density at radius 2 is 2.12 bits per heavy atom. The number of amides is 1. The zero-order chi connectivity index (χ0) is 13.2. The molecular weight excluding hydrogens is 241 g/mol. The number of rotatable bonds is 2. The van der Waals surface area contributed by atoms with Gasteiger partial charge in [0.1, 0.15) is 11.6 Å². The van der Waals surface area contributed by atoms with Crippen LogP contribution in [0.2, 0.25) is 0 Å². The minimum atomic E-state index is -5.09. The van der Waals surface area contributed by atoms with Gasteiger partial charge in [0, 0.05) is 0 Å². The molecule has 90 valence electrons. The number of halogens is 3. The molecule has 1 aromatic rings. The van der Waals surface area contributed by atoms with Gasteiger partial charge < -0.3 is 16.2 Å². The van der Waals surface area contributed by atoms with Crippen LogP contribution in [-0.4, -0.2) is 17.3 Å². The molecule has 4 N–H and O–H groups in total. The molecule has 0 atom stereocenters. The number of aromatic nitrogens is 1. The van der Waals surface area contributed by atoms with Gasteiger partial charge in [-0.15, -0.1) is 13.2 Å².